The number of nitrogens with one attached hydrogen (secondary N) is 1. The molecule has 2 aromatic rings. The smallest absolute Gasteiger partial charge is 0.124 e. The van der Waals surface area contributed by atoms with Crippen LogP contribution in [0.3, 0.4) is 0 Å². The van der Waals surface area contributed by atoms with E-state index in [4.69, 9.17) is 4.74 Å². The number of ether oxygens (including phenoxy) is 1. The van der Waals surface area contributed by atoms with Crippen molar-refractivity contribution in [2.24, 2.45) is 0 Å². The van der Waals surface area contributed by atoms with Gasteiger partial charge in [-0.3, -0.25) is 0 Å². The highest BCUT2D eigenvalue weighted by Gasteiger charge is 2.11. The number of benzene rings is 2. The summed E-state index contributed by atoms with van der Waals surface area (Å²) < 4.78 is 5.84. The maximum absolute atomic E-state index is 9.70. The SMILES string of the molecule is CCC(O)COc1ccc2ccccc2c1CNC(C)C. The van der Waals surface area contributed by atoms with E-state index in [0.29, 0.717) is 19.1 Å². The lowest BCUT2D eigenvalue weighted by Gasteiger charge is -2.17. The van der Waals surface area contributed by atoms with Gasteiger partial charge in [0.25, 0.3) is 0 Å². The van der Waals surface area contributed by atoms with Gasteiger partial charge in [0.1, 0.15) is 12.4 Å². The molecule has 0 aliphatic carbocycles. The fourth-order valence-corrected chi connectivity index (χ4v) is 2.24. The Kier molecular flexibility index (Phi) is 5.59. The first-order chi connectivity index (χ1) is 10.1. The van der Waals surface area contributed by atoms with E-state index >= 15 is 0 Å². The van der Waals surface area contributed by atoms with Crippen molar-refractivity contribution in [2.45, 2.75) is 45.9 Å². The first kappa shape index (κ1) is 15.8. The first-order valence-corrected chi connectivity index (χ1v) is 7.66. The molecule has 1 unspecified atom stereocenters. The van der Waals surface area contributed by atoms with Crippen molar-refractivity contribution in [1.82, 2.24) is 5.32 Å². The second kappa shape index (κ2) is 7.43. The van der Waals surface area contributed by atoms with Crippen molar-refractivity contribution in [2.75, 3.05) is 6.61 Å². The van der Waals surface area contributed by atoms with Gasteiger partial charge in [-0.25, -0.2) is 0 Å². The lowest BCUT2D eigenvalue weighted by Crippen LogP contribution is -2.23. The molecule has 0 spiro atoms. The van der Waals surface area contributed by atoms with Crippen LogP contribution in [-0.2, 0) is 6.54 Å². The summed E-state index contributed by atoms with van der Waals surface area (Å²) in [4.78, 5) is 0. The van der Waals surface area contributed by atoms with Gasteiger partial charge in [0.15, 0.2) is 0 Å². The van der Waals surface area contributed by atoms with Gasteiger partial charge in [0.05, 0.1) is 6.10 Å². The highest BCUT2D eigenvalue weighted by molar-refractivity contribution is 5.87. The Balaban J connectivity index is 2.31. The average molecular weight is 287 g/mol. The molecule has 0 aliphatic rings. The minimum absolute atomic E-state index is 0.337. The van der Waals surface area contributed by atoms with Gasteiger partial charge >= 0.3 is 0 Å². The van der Waals surface area contributed by atoms with Crippen LogP contribution >= 0.6 is 0 Å². The van der Waals surface area contributed by atoms with Crippen LogP contribution in [0.25, 0.3) is 10.8 Å². The lowest BCUT2D eigenvalue weighted by atomic mass is 10.0. The maximum atomic E-state index is 9.70. The van der Waals surface area contributed by atoms with Gasteiger partial charge in [0.2, 0.25) is 0 Å². The minimum Gasteiger partial charge on any atom is -0.491 e. The zero-order valence-corrected chi connectivity index (χ0v) is 13.1. The minimum atomic E-state index is -0.414. The van der Waals surface area contributed by atoms with Gasteiger partial charge in [-0.2, -0.15) is 0 Å². The van der Waals surface area contributed by atoms with E-state index in [1.165, 1.54) is 10.8 Å². The normalized spacial score (nSPS) is 12.8. The highest BCUT2D eigenvalue weighted by Crippen LogP contribution is 2.28. The van der Waals surface area contributed by atoms with E-state index in [1.807, 2.05) is 25.1 Å². The van der Waals surface area contributed by atoms with Gasteiger partial charge < -0.3 is 15.2 Å². The molecule has 0 bridgehead atoms. The molecule has 3 nitrogen and oxygen atoms in total. The Morgan fingerprint density at radius 1 is 1.14 bits per heavy atom. The predicted molar refractivity (Wildman–Crippen MR) is 87.7 cm³/mol. The molecule has 0 saturated heterocycles. The van der Waals surface area contributed by atoms with Crippen molar-refractivity contribution in [1.29, 1.82) is 0 Å². The average Bonchev–Trinajstić information content (AvgIpc) is 2.50. The zero-order chi connectivity index (χ0) is 15.2. The molecule has 2 N–H and O–H groups in total. The molecule has 1 atom stereocenters. The molecule has 2 rings (SSSR count). The summed E-state index contributed by atoms with van der Waals surface area (Å²) in [7, 11) is 0. The van der Waals surface area contributed by atoms with E-state index in [-0.39, 0.29) is 0 Å². The second-order valence-corrected chi connectivity index (χ2v) is 5.67. The van der Waals surface area contributed by atoms with Crippen molar-refractivity contribution < 1.29 is 9.84 Å². The summed E-state index contributed by atoms with van der Waals surface area (Å²) >= 11 is 0. The number of aliphatic hydroxyl groups excluding tert-OH is 1. The molecule has 0 aliphatic heterocycles. The molecule has 0 saturated carbocycles. The van der Waals surface area contributed by atoms with Crippen LogP contribution in [0.2, 0.25) is 0 Å². The van der Waals surface area contributed by atoms with E-state index in [9.17, 15) is 5.11 Å². The van der Waals surface area contributed by atoms with Crippen molar-refractivity contribution in [3.63, 3.8) is 0 Å². The summed E-state index contributed by atoms with van der Waals surface area (Å²) in [5.74, 6) is 0.856. The molecular weight excluding hydrogens is 262 g/mol. The van der Waals surface area contributed by atoms with Crippen LogP contribution in [0.5, 0.6) is 5.75 Å². The van der Waals surface area contributed by atoms with Gasteiger partial charge in [-0.15, -0.1) is 0 Å². The van der Waals surface area contributed by atoms with Crippen LogP contribution in [0.15, 0.2) is 36.4 Å². The standard InChI is InChI=1S/C18H25NO2/c1-4-15(20)12-21-18-10-9-14-7-5-6-8-16(14)17(18)11-19-13(2)3/h5-10,13,15,19-20H,4,11-12H2,1-3H3. The molecule has 114 valence electrons. The van der Waals surface area contributed by atoms with E-state index in [2.05, 4.69) is 37.4 Å². The Morgan fingerprint density at radius 3 is 2.62 bits per heavy atom. The molecule has 0 amide bonds. The molecule has 0 aromatic heterocycles. The molecular formula is C18H25NO2. The molecule has 21 heavy (non-hydrogen) atoms. The van der Waals surface area contributed by atoms with Gasteiger partial charge in [-0.05, 0) is 23.3 Å². The lowest BCUT2D eigenvalue weighted by molar-refractivity contribution is 0.104. The monoisotopic (exact) mass is 287 g/mol. The third-order valence-corrected chi connectivity index (χ3v) is 3.59. The summed E-state index contributed by atoms with van der Waals surface area (Å²) in [5, 5.41) is 15.6. The number of fused-ring (bicyclic) bond motifs is 1. The fraction of sp³-hybridized carbons (Fsp3) is 0.444. The summed E-state index contributed by atoms with van der Waals surface area (Å²) in [6.07, 6.45) is 0.287. The fourth-order valence-electron chi connectivity index (χ4n) is 2.24. The molecule has 2 aromatic carbocycles. The molecule has 0 fully saturated rings. The Hall–Kier alpha value is -1.58. The number of hydrogen-bond acceptors (Lipinski definition) is 3. The van der Waals surface area contributed by atoms with Crippen LogP contribution < -0.4 is 10.1 Å². The largest absolute Gasteiger partial charge is 0.491 e. The molecule has 0 heterocycles. The molecule has 3 heteroatoms. The Morgan fingerprint density at radius 2 is 1.90 bits per heavy atom. The topological polar surface area (TPSA) is 41.5 Å². The van der Waals surface area contributed by atoms with E-state index in [1.54, 1.807) is 0 Å². The summed E-state index contributed by atoms with van der Waals surface area (Å²) in [6.45, 7) is 7.31. The Labute approximate surface area is 126 Å². The Bertz CT molecular complexity index is 580. The van der Waals surface area contributed by atoms with Crippen LogP contribution in [0, 0.1) is 0 Å². The quantitative estimate of drug-likeness (QED) is 0.819. The van der Waals surface area contributed by atoms with E-state index in [0.717, 1.165) is 17.9 Å². The van der Waals surface area contributed by atoms with Crippen molar-refractivity contribution in [3.05, 3.63) is 42.0 Å². The third kappa shape index (κ3) is 4.19. The second-order valence-electron chi connectivity index (χ2n) is 5.67. The van der Waals surface area contributed by atoms with Crippen molar-refractivity contribution in [3.8, 4) is 5.75 Å². The summed E-state index contributed by atoms with van der Waals surface area (Å²) in [5.41, 5.74) is 1.16. The summed E-state index contributed by atoms with van der Waals surface area (Å²) in [6, 6.07) is 12.8. The van der Waals surface area contributed by atoms with Crippen molar-refractivity contribution >= 4 is 10.8 Å². The maximum Gasteiger partial charge on any atom is 0.124 e. The highest BCUT2D eigenvalue weighted by atomic mass is 16.5. The molecule has 0 radical (unpaired) electrons. The zero-order valence-electron chi connectivity index (χ0n) is 13.1. The van der Waals surface area contributed by atoms with Gasteiger partial charge in [-0.1, -0.05) is 51.1 Å². The predicted octanol–water partition coefficient (Wildman–Crippen LogP) is 3.49. The third-order valence-electron chi connectivity index (χ3n) is 3.59. The van der Waals surface area contributed by atoms with Crippen LogP contribution in [0.1, 0.15) is 32.8 Å². The van der Waals surface area contributed by atoms with E-state index < -0.39 is 6.10 Å². The van der Waals surface area contributed by atoms with Crippen LogP contribution in [0.4, 0.5) is 0 Å². The number of hydrogen-bond donors (Lipinski definition) is 2. The number of aliphatic hydroxyl groups is 1. The van der Waals surface area contributed by atoms with Crippen LogP contribution in [-0.4, -0.2) is 23.9 Å². The van der Waals surface area contributed by atoms with Gasteiger partial charge in [0, 0.05) is 18.2 Å². The number of rotatable bonds is 7. The first-order valence-electron chi connectivity index (χ1n) is 7.66.